The largest absolute Gasteiger partial charge is 0.506 e. The summed E-state index contributed by atoms with van der Waals surface area (Å²) < 4.78 is 5.75. The molecule has 0 atom stereocenters. The second-order valence-corrected chi connectivity index (χ2v) is 5.50. The standard InChI is InChI=1S/C19H17NO4.H2O/c1-3-20(2)19(23)13-9-10-15-17(18(13)22)14(21)11-16(24-15)12-7-5-4-6-8-12;/h4-11,22H,3H2,1-2H3;1H2. The Morgan fingerprint density at radius 2 is 1.84 bits per heavy atom. The number of hydrogen-bond donors (Lipinski definition) is 1. The number of nitrogens with zero attached hydrogens (tertiary/aromatic N) is 1. The first-order chi connectivity index (χ1) is 11.5. The molecule has 3 rings (SSSR count). The minimum absolute atomic E-state index is 0. The fourth-order valence-electron chi connectivity index (χ4n) is 2.50. The van der Waals surface area contributed by atoms with Gasteiger partial charge in [0, 0.05) is 25.2 Å². The number of rotatable bonds is 3. The van der Waals surface area contributed by atoms with Crippen LogP contribution in [-0.4, -0.2) is 35.0 Å². The average molecular weight is 341 g/mol. The molecule has 0 radical (unpaired) electrons. The number of benzene rings is 2. The van der Waals surface area contributed by atoms with Crippen LogP contribution in [0, 0.1) is 0 Å². The summed E-state index contributed by atoms with van der Waals surface area (Å²) in [5.74, 6) is -0.271. The minimum atomic E-state index is -0.388. The monoisotopic (exact) mass is 341 g/mol. The van der Waals surface area contributed by atoms with Crippen LogP contribution in [0.5, 0.6) is 5.75 Å². The van der Waals surface area contributed by atoms with Gasteiger partial charge in [-0.2, -0.15) is 0 Å². The van der Waals surface area contributed by atoms with Gasteiger partial charge >= 0.3 is 0 Å². The molecule has 6 nitrogen and oxygen atoms in total. The van der Waals surface area contributed by atoms with Gasteiger partial charge in [-0.15, -0.1) is 0 Å². The van der Waals surface area contributed by atoms with E-state index in [2.05, 4.69) is 0 Å². The highest BCUT2D eigenvalue weighted by Crippen LogP contribution is 2.30. The normalized spacial score (nSPS) is 10.3. The Morgan fingerprint density at radius 3 is 2.48 bits per heavy atom. The Balaban J connectivity index is 0.00000225. The fraction of sp³-hybridized carbons (Fsp3) is 0.158. The van der Waals surface area contributed by atoms with E-state index in [9.17, 15) is 14.7 Å². The molecular weight excluding hydrogens is 322 g/mol. The number of carbonyl (C=O) groups is 1. The molecule has 0 aliphatic carbocycles. The summed E-state index contributed by atoms with van der Waals surface area (Å²) in [6.07, 6.45) is 0. The van der Waals surface area contributed by atoms with E-state index in [1.54, 1.807) is 13.1 Å². The van der Waals surface area contributed by atoms with E-state index in [0.717, 1.165) is 5.56 Å². The smallest absolute Gasteiger partial charge is 0.257 e. The molecule has 0 fully saturated rings. The number of aromatic hydroxyl groups is 1. The first kappa shape index (κ1) is 18.2. The molecule has 0 aliphatic heterocycles. The van der Waals surface area contributed by atoms with Crippen molar-refractivity contribution in [2.24, 2.45) is 0 Å². The zero-order valence-corrected chi connectivity index (χ0v) is 13.9. The molecule has 0 aliphatic rings. The SMILES string of the molecule is CCN(C)C(=O)c1ccc2oc(-c3ccccc3)cc(=O)c2c1O.O. The summed E-state index contributed by atoms with van der Waals surface area (Å²) in [4.78, 5) is 26.2. The summed E-state index contributed by atoms with van der Waals surface area (Å²) in [6, 6.07) is 13.6. The fourth-order valence-corrected chi connectivity index (χ4v) is 2.50. The highest BCUT2D eigenvalue weighted by Gasteiger charge is 2.19. The zero-order chi connectivity index (χ0) is 17.3. The maximum Gasteiger partial charge on any atom is 0.257 e. The molecule has 130 valence electrons. The van der Waals surface area contributed by atoms with Gasteiger partial charge in [0.25, 0.3) is 5.91 Å². The van der Waals surface area contributed by atoms with Crippen LogP contribution in [0.2, 0.25) is 0 Å². The van der Waals surface area contributed by atoms with Crippen molar-refractivity contribution >= 4 is 16.9 Å². The van der Waals surface area contributed by atoms with Crippen molar-refractivity contribution < 1.29 is 19.8 Å². The van der Waals surface area contributed by atoms with Crippen LogP contribution in [0.25, 0.3) is 22.3 Å². The second-order valence-electron chi connectivity index (χ2n) is 5.50. The maximum atomic E-state index is 12.5. The Morgan fingerprint density at radius 1 is 1.16 bits per heavy atom. The van der Waals surface area contributed by atoms with Crippen molar-refractivity contribution in [2.45, 2.75) is 6.92 Å². The maximum absolute atomic E-state index is 12.5. The van der Waals surface area contributed by atoms with Crippen LogP contribution in [0.4, 0.5) is 0 Å². The highest BCUT2D eigenvalue weighted by atomic mass is 16.3. The molecule has 0 saturated heterocycles. The van der Waals surface area contributed by atoms with Gasteiger partial charge in [0.05, 0.1) is 5.56 Å². The third-order valence-corrected chi connectivity index (χ3v) is 3.98. The quantitative estimate of drug-likeness (QED) is 0.790. The molecule has 1 heterocycles. The van der Waals surface area contributed by atoms with Gasteiger partial charge in [0.1, 0.15) is 22.5 Å². The Kier molecular flexibility index (Phi) is 5.24. The first-order valence-electron chi connectivity index (χ1n) is 7.63. The lowest BCUT2D eigenvalue weighted by Crippen LogP contribution is -2.26. The van der Waals surface area contributed by atoms with Gasteiger partial charge < -0.3 is 19.9 Å². The van der Waals surface area contributed by atoms with E-state index in [1.807, 2.05) is 37.3 Å². The molecule has 1 amide bonds. The topological polar surface area (TPSA) is 102 Å². The molecule has 1 aromatic heterocycles. The van der Waals surface area contributed by atoms with Crippen molar-refractivity contribution in [3.63, 3.8) is 0 Å². The van der Waals surface area contributed by atoms with E-state index < -0.39 is 0 Å². The van der Waals surface area contributed by atoms with Gasteiger partial charge in [-0.3, -0.25) is 9.59 Å². The third kappa shape index (κ3) is 3.25. The van der Waals surface area contributed by atoms with E-state index in [0.29, 0.717) is 12.3 Å². The van der Waals surface area contributed by atoms with Crippen molar-refractivity contribution in [1.29, 1.82) is 0 Å². The number of carbonyl (C=O) groups excluding carboxylic acids is 1. The van der Waals surface area contributed by atoms with E-state index in [4.69, 9.17) is 4.42 Å². The Hall–Kier alpha value is -3.12. The molecule has 0 saturated carbocycles. The van der Waals surface area contributed by atoms with Crippen molar-refractivity contribution in [2.75, 3.05) is 13.6 Å². The summed E-state index contributed by atoms with van der Waals surface area (Å²) in [5, 5.41) is 10.4. The molecule has 0 unspecified atom stereocenters. The van der Waals surface area contributed by atoms with Crippen molar-refractivity contribution in [3.05, 3.63) is 64.3 Å². The lowest BCUT2D eigenvalue weighted by atomic mass is 10.1. The van der Waals surface area contributed by atoms with Crippen LogP contribution >= 0.6 is 0 Å². The lowest BCUT2D eigenvalue weighted by Gasteiger charge is -2.15. The molecule has 3 aromatic rings. The van der Waals surface area contributed by atoms with Gasteiger partial charge in [0.15, 0.2) is 5.43 Å². The van der Waals surface area contributed by atoms with Gasteiger partial charge in [-0.25, -0.2) is 0 Å². The highest BCUT2D eigenvalue weighted by molar-refractivity contribution is 6.02. The minimum Gasteiger partial charge on any atom is -0.506 e. The Bertz CT molecular complexity index is 963. The predicted molar refractivity (Wildman–Crippen MR) is 95.8 cm³/mol. The van der Waals surface area contributed by atoms with Gasteiger partial charge in [0.2, 0.25) is 0 Å². The van der Waals surface area contributed by atoms with Crippen LogP contribution in [0.1, 0.15) is 17.3 Å². The van der Waals surface area contributed by atoms with Gasteiger partial charge in [-0.1, -0.05) is 30.3 Å². The summed E-state index contributed by atoms with van der Waals surface area (Å²) >= 11 is 0. The molecule has 2 aromatic carbocycles. The summed E-state index contributed by atoms with van der Waals surface area (Å²) in [7, 11) is 1.63. The molecule has 3 N–H and O–H groups in total. The summed E-state index contributed by atoms with van der Waals surface area (Å²) in [6.45, 7) is 2.33. The van der Waals surface area contributed by atoms with Crippen LogP contribution in [0.15, 0.2) is 57.7 Å². The van der Waals surface area contributed by atoms with Crippen LogP contribution in [0.3, 0.4) is 0 Å². The number of phenols is 1. The average Bonchev–Trinajstić information content (AvgIpc) is 2.61. The van der Waals surface area contributed by atoms with E-state index in [-0.39, 0.29) is 39.1 Å². The van der Waals surface area contributed by atoms with Crippen LogP contribution in [-0.2, 0) is 0 Å². The van der Waals surface area contributed by atoms with Crippen molar-refractivity contribution in [3.8, 4) is 17.1 Å². The first-order valence-corrected chi connectivity index (χ1v) is 7.63. The number of hydrogen-bond acceptors (Lipinski definition) is 4. The van der Waals surface area contributed by atoms with E-state index in [1.165, 1.54) is 17.0 Å². The third-order valence-electron chi connectivity index (χ3n) is 3.98. The molecule has 0 spiro atoms. The predicted octanol–water partition coefficient (Wildman–Crippen LogP) is 2.43. The summed E-state index contributed by atoms with van der Waals surface area (Å²) in [5.41, 5.74) is 0.712. The van der Waals surface area contributed by atoms with Crippen molar-refractivity contribution in [1.82, 2.24) is 4.90 Å². The zero-order valence-electron chi connectivity index (χ0n) is 13.9. The Labute approximate surface area is 144 Å². The molecule has 25 heavy (non-hydrogen) atoms. The molecule has 0 bridgehead atoms. The van der Waals surface area contributed by atoms with E-state index >= 15 is 0 Å². The number of phenolic OH excluding ortho intramolecular Hbond substituents is 1. The second kappa shape index (κ2) is 7.19. The molecular formula is C19H19NO5. The van der Waals surface area contributed by atoms with Gasteiger partial charge in [-0.05, 0) is 19.1 Å². The lowest BCUT2D eigenvalue weighted by molar-refractivity contribution is 0.0799. The molecule has 6 heteroatoms. The van der Waals surface area contributed by atoms with Crippen LogP contribution < -0.4 is 5.43 Å². The number of amides is 1. The number of fused-ring (bicyclic) bond motifs is 1.